The number of aliphatic carboxylic acids is 1. The number of nitrogens with zero attached hydrogens (tertiary/aromatic N) is 2. The van der Waals surface area contributed by atoms with Gasteiger partial charge in [-0.1, -0.05) is 0 Å². The van der Waals surface area contributed by atoms with Crippen molar-refractivity contribution in [2.75, 3.05) is 19.8 Å². The van der Waals surface area contributed by atoms with Gasteiger partial charge in [0, 0.05) is 19.8 Å². The molecule has 150 valence electrons. The third kappa shape index (κ3) is 4.22. The molecule has 1 atom stereocenters. The van der Waals surface area contributed by atoms with Crippen LogP contribution in [0.5, 0.6) is 0 Å². The molecule has 28 heavy (non-hydrogen) atoms. The van der Waals surface area contributed by atoms with E-state index in [4.69, 9.17) is 4.74 Å². The maximum atomic E-state index is 13.2. The van der Waals surface area contributed by atoms with Gasteiger partial charge < -0.3 is 15.2 Å². The number of aryl methyl sites for hydroxylation is 1. The van der Waals surface area contributed by atoms with Gasteiger partial charge in [-0.25, -0.2) is 9.07 Å². The smallest absolute Gasteiger partial charge is 0.308 e. The zero-order valence-electron chi connectivity index (χ0n) is 15.9. The van der Waals surface area contributed by atoms with Crippen molar-refractivity contribution in [3.8, 4) is 5.69 Å². The van der Waals surface area contributed by atoms with Gasteiger partial charge in [-0.2, -0.15) is 5.10 Å². The Bertz CT molecular complexity index is 857. The van der Waals surface area contributed by atoms with Crippen LogP contribution in [-0.2, 0) is 9.53 Å². The summed E-state index contributed by atoms with van der Waals surface area (Å²) < 4.78 is 20.0. The number of carboxylic acids is 1. The van der Waals surface area contributed by atoms with Gasteiger partial charge in [0.1, 0.15) is 5.82 Å². The lowest BCUT2D eigenvalue weighted by atomic mass is 9.86. The molecule has 7 nitrogen and oxygen atoms in total. The summed E-state index contributed by atoms with van der Waals surface area (Å²) in [5.41, 5.74) is 2.18. The van der Waals surface area contributed by atoms with Gasteiger partial charge in [-0.15, -0.1) is 0 Å². The van der Waals surface area contributed by atoms with Crippen LogP contribution >= 0.6 is 0 Å². The van der Waals surface area contributed by atoms with Crippen molar-refractivity contribution in [3.63, 3.8) is 0 Å². The summed E-state index contributed by atoms with van der Waals surface area (Å²) in [5, 5.41) is 16.7. The molecule has 0 bridgehead atoms. The molecule has 0 spiro atoms. The maximum Gasteiger partial charge on any atom is 0.308 e. The first kappa shape index (κ1) is 20.0. The molecule has 0 radical (unpaired) electrons. The Morgan fingerprint density at radius 2 is 1.93 bits per heavy atom. The SMILES string of the molecule is Cc1nn(-c2ccc(F)cc2)c(C)c1C(=O)NCC(C(=O)O)C1CCOCC1. The van der Waals surface area contributed by atoms with Crippen LogP contribution in [0.2, 0.25) is 0 Å². The van der Waals surface area contributed by atoms with Crippen LogP contribution in [0.4, 0.5) is 4.39 Å². The highest BCUT2D eigenvalue weighted by molar-refractivity contribution is 5.96. The Morgan fingerprint density at radius 1 is 1.29 bits per heavy atom. The van der Waals surface area contributed by atoms with E-state index in [1.165, 1.54) is 12.1 Å². The predicted octanol–water partition coefficient (Wildman–Crippen LogP) is 2.49. The van der Waals surface area contributed by atoms with E-state index in [9.17, 15) is 19.1 Å². The van der Waals surface area contributed by atoms with Crippen molar-refractivity contribution in [2.24, 2.45) is 11.8 Å². The molecular weight excluding hydrogens is 365 g/mol. The highest BCUT2D eigenvalue weighted by Crippen LogP contribution is 2.24. The van der Waals surface area contributed by atoms with Crippen molar-refractivity contribution in [3.05, 3.63) is 47.0 Å². The van der Waals surface area contributed by atoms with Gasteiger partial charge >= 0.3 is 5.97 Å². The number of carboxylic acid groups (broad SMARTS) is 1. The molecule has 0 aliphatic carbocycles. The monoisotopic (exact) mass is 389 g/mol. The summed E-state index contributed by atoms with van der Waals surface area (Å²) in [7, 11) is 0. The second-order valence-corrected chi connectivity index (χ2v) is 7.04. The van der Waals surface area contributed by atoms with Crippen molar-refractivity contribution in [2.45, 2.75) is 26.7 Å². The minimum absolute atomic E-state index is 0.0179. The number of rotatable bonds is 6. The van der Waals surface area contributed by atoms with Crippen LogP contribution in [0.25, 0.3) is 5.69 Å². The molecule has 3 rings (SSSR count). The van der Waals surface area contributed by atoms with Gasteiger partial charge in [-0.3, -0.25) is 9.59 Å². The second-order valence-electron chi connectivity index (χ2n) is 7.04. The standard InChI is InChI=1S/C20H24FN3O4/c1-12-18(13(2)24(23-12)16-5-3-15(21)4-6-16)19(25)22-11-17(20(26)27)14-7-9-28-10-8-14/h3-6,14,17H,7-11H2,1-2H3,(H,22,25)(H,26,27). The fraction of sp³-hybridized carbons (Fsp3) is 0.450. The summed E-state index contributed by atoms with van der Waals surface area (Å²) in [6.07, 6.45) is 1.35. The Hall–Kier alpha value is -2.74. The highest BCUT2D eigenvalue weighted by atomic mass is 19.1. The molecule has 1 aliphatic rings. The van der Waals surface area contributed by atoms with Gasteiger partial charge in [-0.05, 0) is 56.9 Å². The zero-order valence-corrected chi connectivity index (χ0v) is 15.9. The number of carbonyl (C=O) groups excluding carboxylic acids is 1. The van der Waals surface area contributed by atoms with Crippen LogP contribution in [0, 0.1) is 31.5 Å². The Morgan fingerprint density at radius 3 is 2.54 bits per heavy atom. The third-order valence-corrected chi connectivity index (χ3v) is 5.22. The minimum Gasteiger partial charge on any atom is -0.481 e. The van der Waals surface area contributed by atoms with Crippen LogP contribution in [-0.4, -0.2) is 46.5 Å². The number of halogens is 1. The van der Waals surface area contributed by atoms with E-state index in [0.29, 0.717) is 48.7 Å². The van der Waals surface area contributed by atoms with Crippen molar-refractivity contribution in [1.29, 1.82) is 0 Å². The van der Waals surface area contributed by atoms with Gasteiger partial charge in [0.25, 0.3) is 5.91 Å². The predicted molar refractivity (Wildman–Crippen MR) is 100.0 cm³/mol. The van der Waals surface area contributed by atoms with E-state index >= 15 is 0 Å². The van der Waals surface area contributed by atoms with Crippen LogP contribution in [0.3, 0.4) is 0 Å². The number of benzene rings is 1. The van der Waals surface area contributed by atoms with Gasteiger partial charge in [0.05, 0.1) is 28.6 Å². The van der Waals surface area contributed by atoms with Gasteiger partial charge in [0.2, 0.25) is 0 Å². The van der Waals surface area contributed by atoms with Crippen LogP contribution < -0.4 is 5.32 Å². The van der Waals surface area contributed by atoms with E-state index in [-0.39, 0.29) is 24.2 Å². The first-order chi connectivity index (χ1) is 13.4. The third-order valence-electron chi connectivity index (χ3n) is 5.22. The van der Waals surface area contributed by atoms with E-state index in [0.717, 1.165) is 0 Å². The molecule has 2 heterocycles. The number of carbonyl (C=O) groups is 2. The van der Waals surface area contributed by atoms with E-state index in [1.54, 1.807) is 30.7 Å². The van der Waals surface area contributed by atoms with Crippen molar-refractivity contribution < 1.29 is 23.8 Å². The molecule has 0 saturated carbocycles. The number of ether oxygens (including phenoxy) is 1. The first-order valence-corrected chi connectivity index (χ1v) is 9.29. The second kappa shape index (κ2) is 8.52. The van der Waals surface area contributed by atoms with E-state index in [2.05, 4.69) is 10.4 Å². The summed E-state index contributed by atoms with van der Waals surface area (Å²) in [6, 6.07) is 5.83. The zero-order chi connectivity index (χ0) is 20.3. The maximum absolute atomic E-state index is 13.2. The molecular formula is C20H24FN3O4. The van der Waals surface area contributed by atoms with Crippen LogP contribution in [0.15, 0.2) is 24.3 Å². The quantitative estimate of drug-likeness (QED) is 0.792. The fourth-order valence-corrected chi connectivity index (χ4v) is 3.67. The van der Waals surface area contributed by atoms with Crippen molar-refractivity contribution in [1.82, 2.24) is 15.1 Å². The normalized spacial score (nSPS) is 16.0. The topological polar surface area (TPSA) is 93.5 Å². The lowest BCUT2D eigenvalue weighted by molar-refractivity contribution is -0.144. The number of amides is 1. The number of hydrogen-bond donors (Lipinski definition) is 2. The minimum atomic E-state index is -0.914. The average molecular weight is 389 g/mol. The molecule has 1 amide bonds. The number of hydrogen-bond acceptors (Lipinski definition) is 4. The summed E-state index contributed by atoms with van der Waals surface area (Å²) in [6.45, 7) is 4.62. The summed E-state index contributed by atoms with van der Waals surface area (Å²) >= 11 is 0. The molecule has 8 heteroatoms. The molecule has 1 aliphatic heterocycles. The molecule has 1 aromatic heterocycles. The molecule has 2 aromatic rings. The molecule has 1 aromatic carbocycles. The highest BCUT2D eigenvalue weighted by Gasteiger charge is 2.30. The first-order valence-electron chi connectivity index (χ1n) is 9.29. The summed E-state index contributed by atoms with van der Waals surface area (Å²) in [5.74, 6) is -2.29. The largest absolute Gasteiger partial charge is 0.481 e. The number of nitrogens with one attached hydrogen (secondary N) is 1. The molecule has 2 N–H and O–H groups in total. The van der Waals surface area contributed by atoms with E-state index in [1.807, 2.05) is 0 Å². The molecule has 1 saturated heterocycles. The Labute approximate surface area is 162 Å². The lowest BCUT2D eigenvalue weighted by Gasteiger charge is -2.27. The number of aromatic nitrogens is 2. The molecule has 1 fully saturated rings. The lowest BCUT2D eigenvalue weighted by Crippen LogP contribution is -2.39. The van der Waals surface area contributed by atoms with Crippen molar-refractivity contribution >= 4 is 11.9 Å². The summed E-state index contributed by atoms with van der Waals surface area (Å²) in [4.78, 5) is 24.4. The molecule has 1 unspecified atom stereocenters. The van der Waals surface area contributed by atoms with Gasteiger partial charge in [0.15, 0.2) is 0 Å². The average Bonchev–Trinajstić information content (AvgIpc) is 2.97. The van der Waals surface area contributed by atoms with E-state index < -0.39 is 11.9 Å². The Balaban J connectivity index is 1.75. The fourth-order valence-electron chi connectivity index (χ4n) is 3.67. The van der Waals surface area contributed by atoms with Crippen LogP contribution in [0.1, 0.15) is 34.6 Å². The Kier molecular flexibility index (Phi) is 6.08.